The van der Waals surface area contributed by atoms with Gasteiger partial charge in [0.05, 0.1) is 19.8 Å². The average Bonchev–Trinajstić information content (AvgIpc) is 3.07. The molecule has 0 amide bonds. The molecule has 0 N–H and O–H groups in total. The van der Waals surface area contributed by atoms with Crippen molar-refractivity contribution in [2.75, 3.05) is 33.0 Å². The summed E-state index contributed by atoms with van der Waals surface area (Å²) in [7, 11) is 0. The molecule has 5 aromatic carbocycles. The zero-order chi connectivity index (χ0) is 31.0. The van der Waals surface area contributed by atoms with Crippen LogP contribution >= 0.6 is 0 Å². The van der Waals surface area contributed by atoms with Crippen molar-refractivity contribution in [1.82, 2.24) is 0 Å². The number of hydrogen-bond donors (Lipinski definition) is 0. The number of fused-ring (bicyclic) bond motifs is 6. The van der Waals surface area contributed by atoms with Crippen LogP contribution in [-0.4, -0.2) is 33.0 Å². The first-order chi connectivity index (χ1) is 22.2. The van der Waals surface area contributed by atoms with Gasteiger partial charge in [0.1, 0.15) is 23.9 Å². The van der Waals surface area contributed by atoms with E-state index in [1.807, 2.05) is 0 Å². The van der Waals surface area contributed by atoms with E-state index in [0.717, 1.165) is 54.9 Å². The van der Waals surface area contributed by atoms with E-state index in [1.54, 1.807) is 12.2 Å². The van der Waals surface area contributed by atoms with E-state index in [4.69, 9.17) is 18.9 Å². The van der Waals surface area contributed by atoms with Gasteiger partial charge in [-0.3, -0.25) is 0 Å². The van der Waals surface area contributed by atoms with Crippen LogP contribution in [0, 0.1) is 0 Å². The van der Waals surface area contributed by atoms with Gasteiger partial charge < -0.3 is 18.9 Å². The van der Waals surface area contributed by atoms with Crippen molar-refractivity contribution in [2.45, 2.75) is 38.5 Å². The van der Waals surface area contributed by atoms with Gasteiger partial charge in [0, 0.05) is 23.7 Å². The molecule has 0 spiro atoms. The van der Waals surface area contributed by atoms with E-state index in [9.17, 15) is 0 Å². The molecule has 4 heteroatoms. The van der Waals surface area contributed by atoms with Gasteiger partial charge in [0.25, 0.3) is 0 Å². The largest absolute Gasteiger partial charge is 0.491 e. The first-order valence-electron chi connectivity index (χ1n) is 16.1. The average molecular weight is 599 g/mol. The lowest BCUT2D eigenvalue weighted by atomic mass is 9.78. The molecule has 0 saturated carbocycles. The summed E-state index contributed by atoms with van der Waals surface area (Å²) >= 11 is 0. The molecule has 5 aromatic rings. The molecule has 0 saturated heterocycles. The second-order valence-corrected chi connectivity index (χ2v) is 11.6. The second-order valence-electron chi connectivity index (χ2n) is 11.6. The van der Waals surface area contributed by atoms with Crippen LogP contribution in [-0.2, 0) is 22.3 Å². The Hall–Kier alpha value is -4.38. The zero-order valence-corrected chi connectivity index (χ0v) is 26.2. The quantitative estimate of drug-likeness (QED) is 0.0871. The van der Waals surface area contributed by atoms with Crippen LogP contribution < -0.4 is 9.47 Å². The molecule has 1 atom stereocenters. The van der Waals surface area contributed by atoms with E-state index in [-0.39, 0.29) is 5.92 Å². The van der Waals surface area contributed by atoms with Gasteiger partial charge in [-0.05, 0) is 81.8 Å². The number of hydrogen-bond acceptors (Lipinski definition) is 4. The van der Waals surface area contributed by atoms with Gasteiger partial charge in [-0.25, -0.2) is 0 Å². The molecule has 0 fully saturated rings. The van der Waals surface area contributed by atoms with Gasteiger partial charge >= 0.3 is 0 Å². The summed E-state index contributed by atoms with van der Waals surface area (Å²) < 4.78 is 23.8. The smallest absolute Gasteiger partial charge is 0.132 e. The third-order valence-corrected chi connectivity index (χ3v) is 8.45. The molecule has 1 unspecified atom stereocenters. The molecule has 1 aliphatic rings. The highest BCUT2D eigenvalue weighted by Crippen LogP contribution is 2.52. The molecule has 0 bridgehead atoms. The molecule has 45 heavy (non-hydrogen) atoms. The predicted octanol–water partition coefficient (Wildman–Crippen LogP) is 9.95. The molecule has 230 valence electrons. The SMILES string of the molecule is C=CCOCCCc1ccc2c3c(ccc2c1)Oc1ccc2cc(OCCOCC=C)ccc2c1C3c1ccc(CCC)cc1. The van der Waals surface area contributed by atoms with Gasteiger partial charge in [0.2, 0.25) is 0 Å². The second kappa shape index (κ2) is 14.6. The van der Waals surface area contributed by atoms with E-state index >= 15 is 0 Å². The Kier molecular flexibility index (Phi) is 9.94. The van der Waals surface area contributed by atoms with Crippen LogP contribution in [0.2, 0.25) is 0 Å². The molecule has 1 aliphatic heterocycles. The summed E-state index contributed by atoms with van der Waals surface area (Å²) in [6, 6.07) is 31.0. The number of rotatable bonds is 15. The van der Waals surface area contributed by atoms with Crippen molar-refractivity contribution in [3.8, 4) is 17.2 Å². The number of aryl methyl sites for hydroxylation is 2. The van der Waals surface area contributed by atoms with Crippen molar-refractivity contribution in [1.29, 1.82) is 0 Å². The summed E-state index contributed by atoms with van der Waals surface area (Å²) in [6.45, 7) is 12.5. The lowest BCUT2D eigenvalue weighted by molar-refractivity contribution is 0.121. The molecular formula is C41H42O4. The van der Waals surface area contributed by atoms with Gasteiger partial charge in [0.15, 0.2) is 0 Å². The Bertz CT molecular complexity index is 1680. The maximum absolute atomic E-state index is 6.69. The minimum atomic E-state index is 0.0176. The normalized spacial score (nSPS) is 13.7. The van der Waals surface area contributed by atoms with Crippen molar-refractivity contribution < 1.29 is 18.9 Å². The standard InChI is InChI=1S/C41H42O4/c1-4-8-29-10-13-31(14-11-29)39-40-35-18-12-30(9-7-24-42-22-5-2)27-32(35)15-20-37(40)45-38-21-16-33-28-34(17-19-36(33)41(38)39)44-26-25-43-23-6-3/h5-6,10-21,27-28,39H,2-4,7-9,22-26H2,1H3. The molecule has 0 radical (unpaired) electrons. The third kappa shape index (κ3) is 6.83. The molecule has 1 heterocycles. The van der Waals surface area contributed by atoms with Crippen LogP contribution in [0.4, 0.5) is 0 Å². The number of ether oxygens (including phenoxy) is 4. The summed E-state index contributed by atoms with van der Waals surface area (Å²) in [5, 5.41) is 4.75. The molecule has 0 aliphatic carbocycles. The molecular weight excluding hydrogens is 556 g/mol. The zero-order valence-electron chi connectivity index (χ0n) is 26.2. The highest BCUT2D eigenvalue weighted by molar-refractivity contribution is 5.95. The maximum Gasteiger partial charge on any atom is 0.132 e. The fourth-order valence-corrected chi connectivity index (χ4v) is 6.41. The molecule has 0 aromatic heterocycles. The monoisotopic (exact) mass is 598 g/mol. The Labute approximate surface area is 266 Å². The van der Waals surface area contributed by atoms with Crippen LogP contribution in [0.3, 0.4) is 0 Å². The first-order valence-corrected chi connectivity index (χ1v) is 16.1. The van der Waals surface area contributed by atoms with E-state index < -0.39 is 0 Å². The summed E-state index contributed by atoms with van der Waals surface area (Å²) in [5.41, 5.74) is 6.36. The third-order valence-electron chi connectivity index (χ3n) is 8.45. The topological polar surface area (TPSA) is 36.9 Å². The first kappa shape index (κ1) is 30.6. The molecule has 6 rings (SSSR count). The van der Waals surface area contributed by atoms with Gasteiger partial charge in [-0.15, -0.1) is 13.2 Å². The Balaban J connectivity index is 1.41. The van der Waals surface area contributed by atoms with Crippen LogP contribution in [0.5, 0.6) is 17.2 Å². The number of benzene rings is 5. The van der Waals surface area contributed by atoms with Crippen LogP contribution in [0.1, 0.15) is 53.5 Å². The maximum atomic E-state index is 6.69. The van der Waals surface area contributed by atoms with Gasteiger partial charge in [-0.2, -0.15) is 0 Å². The van der Waals surface area contributed by atoms with Gasteiger partial charge in [-0.1, -0.05) is 86.2 Å². The molecule has 4 nitrogen and oxygen atoms in total. The Morgan fingerprint density at radius 2 is 1.31 bits per heavy atom. The highest BCUT2D eigenvalue weighted by Gasteiger charge is 2.32. The van der Waals surface area contributed by atoms with Crippen molar-refractivity contribution in [3.05, 3.63) is 138 Å². The lowest BCUT2D eigenvalue weighted by Crippen LogP contribution is -2.13. The van der Waals surface area contributed by atoms with E-state index in [1.165, 1.54) is 44.0 Å². The van der Waals surface area contributed by atoms with E-state index in [0.29, 0.717) is 26.4 Å². The van der Waals surface area contributed by atoms with Crippen LogP contribution in [0.25, 0.3) is 21.5 Å². The fraction of sp³-hybridized carbons (Fsp3) is 0.268. The summed E-state index contributed by atoms with van der Waals surface area (Å²) in [4.78, 5) is 0. The van der Waals surface area contributed by atoms with Crippen molar-refractivity contribution >= 4 is 21.5 Å². The minimum Gasteiger partial charge on any atom is -0.491 e. The predicted molar refractivity (Wildman–Crippen MR) is 185 cm³/mol. The highest BCUT2D eigenvalue weighted by atomic mass is 16.5. The van der Waals surface area contributed by atoms with Crippen molar-refractivity contribution in [2.24, 2.45) is 0 Å². The summed E-state index contributed by atoms with van der Waals surface area (Å²) in [5.74, 6) is 2.67. The Morgan fingerprint density at radius 3 is 2.00 bits per heavy atom. The van der Waals surface area contributed by atoms with Crippen LogP contribution in [0.15, 0.2) is 110 Å². The minimum absolute atomic E-state index is 0.0176. The summed E-state index contributed by atoms with van der Waals surface area (Å²) in [6.07, 6.45) is 7.71. The van der Waals surface area contributed by atoms with Crippen molar-refractivity contribution in [3.63, 3.8) is 0 Å². The van der Waals surface area contributed by atoms with E-state index in [2.05, 4.69) is 105 Å². The fourth-order valence-electron chi connectivity index (χ4n) is 6.41. The Morgan fingerprint density at radius 1 is 0.667 bits per heavy atom. The lowest BCUT2D eigenvalue weighted by Gasteiger charge is -2.31.